The van der Waals surface area contributed by atoms with Gasteiger partial charge in [-0.05, 0) is 199 Å². The smallest absolute Gasteiger partial charge is 0.262 e. The van der Waals surface area contributed by atoms with Crippen molar-refractivity contribution >= 4 is 89.9 Å². The van der Waals surface area contributed by atoms with Crippen LogP contribution in [0.3, 0.4) is 0 Å². The molecule has 2 aliphatic rings. The number of nitrogens with zero attached hydrogens (tertiary/aromatic N) is 2. The molecule has 2 heterocycles. The fourth-order valence-corrected chi connectivity index (χ4v) is 13.5. The van der Waals surface area contributed by atoms with Gasteiger partial charge in [-0.25, -0.2) is 0 Å². The third-order valence-corrected chi connectivity index (χ3v) is 17.6. The Labute approximate surface area is 545 Å². The molecule has 472 valence electrons. The molecule has 0 saturated carbocycles. The molecule has 2 atom stereocenters. The fraction of sp³-hybridized carbons (Fsp3) is 0.225. The number of rotatable bonds is 18. The highest BCUT2D eigenvalue weighted by Gasteiger charge is 2.46. The molecule has 0 fully saturated rings. The highest BCUT2D eigenvalue weighted by Crippen LogP contribution is 2.58. The summed E-state index contributed by atoms with van der Waals surface area (Å²) < 4.78 is 28.8. The first kappa shape index (κ1) is 62.0. The molecule has 2 N–H and O–H groups in total. The average Bonchev–Trinajstić information content (AvgIpc) is 0.672. The van der Waals surface area contributed by atoms with Crippen LogP contribution in [-0.4, -0.2) is 57.3 Å². The van der Waals surface area contributed by atoms with Crippen molar-refractivity contribution in [1.29, 1.82) is 0 Å². The molecule has 94 heavy (non-hydrogen) atoms. The first-order valence-corrected chi connectivity index (χ1v) is 31.8. The Balaban J connectivity index is 1.18. The predicted octanol–water partition coefficient (Wildman–Crippen LogP) is 18.7. The van der Waals surface area contributed by atoms with Crippen LogP contribution in [0.15, 0.2) is 158 Å². The van der Waals surface area contributed by atoms with Crippen LogP contribution >= 0.6 is 0 Å². The highest BCUT2D eigenvalue weighted by molar-refractivity contribution is 6.45. The van der Waals surface area contributed by atoms with Crippen LogP contribution in [0.25, 0.3) is 43.1 Å². The summed E-state index contributed by atoms with van der Waals surface area (Å²) in [7, 11) is 0. The van der Waals surface area contributed by atoms with Crippen LogP contribution in [0.5, 0.6) is 46.0 Å². The third kappa shape index (κ3) is 11.5. The molecule has 0 saturated heterocycles. The van der Waals surface area contributed by atoms with Crippen molar-refractivity contribution in [2.24, 2.45) is 11.8 Å². The van der Waals surface area contributed by atoms with Crippen LogP contribution in [0.1, 0.15) is 126 Å². The molecule has 14 heteroatoms. The van der Waals surface area contributed by atoms with Gasteiger partial charge in [0.15, 0.2) is 0 Å². The maximum atomic E-state index is 16.2. The standard InChI is InChI=1S/C80H72N4O10/c1-41(2)29-61(75(85)81-51-33-47(9)31-48(10)34-51)83-77(87)57-37-63(91-53-21-13-43(5)14-22-53)69-71-65(93-55-25-17-45(7)18-26-55)39-59-68-60(80(90)84(79(59)89)62(30-42(3)4)76(86)82-52-35-49(11)32-50(12)36-52)40-66(94-56-27-19-46(8)20-28-56)72(74(68)71)70-64(92-54-23-15-44(6)16-24-54)38-58(78(83)88)67(57)73(69)70/h13-28,31-42,61-62H,29-30H2,1-12H3,(H,81,85)(H,82,86). The number of anilines is 2. The van der Waals surface area contributed by atoms with E-state index < -0.39 is 47.5 Å². The van der Waals surface area contributed by atoms with Crippen LogP contribution < -0.4 is 29.6 Å². The van der Waals surface area contributed by atoms with E-state index in [-0.39, 0.29) is 80.7 Å². The van der Waals surface area contributed by atoms with E-state index >= 15 is 28.8 Å². The SMILES string of the molecule is Cc1ccc(Oc2cc3c4c(cc(Oc5ccc(C)cc5)c5c6c(Oc7ccc(C)cc7)cc7c8c(cc(Oc9ccc(C)cc9)c(c2c45)c86)C(=O)N(C(CC(C)C)C(=O)Nc2cc(C)cc(C)c2)C7=O)C(=O)N(C(CC(C)C)C(=O)Nc2cc(C)cc(C)c2)C3=O)cc1. The summed E-state index contributed by atoms with van der Waals surface area (Å²) in [6, 6.07) is 44.9. The van der Waals surface area contributed by atoms with Crippen LogP contribution in [0, 0.1) is 67.2 Å². The van der Waals surface area contributed by atoms with Crippen molar-refractivity contribution in [1.82, 2.24) is 9.80 Å². The summed E-state index contributed by atoms with van der Waals surface area (Å²) in [5.41, 5.74) is 8.75. The molecule has 14 nitrogen and oxygen atoms in total. The number of hydrogen-bond acceptors (Lipinski definition) is 10. The fourth-order valence-electron chi connectivity index (χ4n) is 13.5. The monoisotopic (exact) mass is 1250 g/mol. The Morgan fingerprint density at radius 1 is 0.319 bits per heavy atom. The number of fused-ring (bicyclic) bond motifs is 2. The first-order valence-electron chi connectivity index (χ1n) is 31.8. The van der Waals surface area contributed by atoms with Gasteiger partial charge in [-0.1, -0.05) is 111 Å². The molecular formula is C80H72N4O10. The number of amides is 6. The molecule has 11 aromatic carbocycles. The van der Waals surface area contributed by atoms with E-state index in [1.807, 2.05) is 217 Å². The number of hydrogen-bond donors (Lipinski definition) is 2. The third-order valence-electron chi connectivity index (χ3n) is 17.6. The lowest BCUT2D eigenvalue weighted by Gasteiger charge is -2.36. The minimum absolute atomic E-state index is 0.0545. The molecule has 2 unspecified atom stereocenters. The molecule has 11 aromatic rings. The number of imide groups is 2. The molecule has 0 aliphatic carbocycles. The lowest BCUT2D eigenvalue weighted by Crippen LogP contribution is -2.52. The van der Waals surface area contributed by atoms with Gasteiger partial charge in [0, 0.05) is 54.5 Å². The van der Waals surface area contributed by atoms with Gasteiger partial charge < -0.3 is 29.6 Å². The number of nitrogens with one attached hydrogen (secondary N) is 2. The van der Waals surface area contributed by atoms with E-state index in [0.29, 0.717) is 66.7 Å². The van der Waals surface area contributed by atoms with Gasteiger partial charge in [0.25, 0.3) is 23.6 Å². The minimum Gasteiger partial charge on any atom is -0.457 e. The summed E-state index contributed by atoms with van der Waals surface area (Å²) in [6.07, 6.45) is 0.234. The summed E-state index contributed by atoms with van der Waals surface area (Å²) in [5, 5.41) is 8.56. The van der Waals surface area contributed by atoms with Gasteiger partial charge in [-0.3, -0.25) is 38.6 Å². The second-order valence-electron chi connectivity index (χ2n) is 26.3. The van der Waals surface area contributed by atoms with Gasteiger partial charge in [-0.15, -0.1) is 0 Å². The molecule has 0 spiro atoms. The van der Waals surface area contributed by atoms with Crippen LogP contribution in [-0.2, 0) is 9.59 Å². The Bertz CT molecular complexity index is 4380. The molecular weight excluding hydrogens is 1180 g/mol. The van der Waals surface area contributed by atoms with E-state index in [9.17, 15) is 0 Å². The Hall–Kier alpha value is -10.9. The average molecular weight is 1250 g/mol. The van der Waals surface area contributed by atoms with Crippen molar-refractivity contribution in [3.8, 4) is 46.0 Å². The van der Waals surface area contributed by atoms with Gasteiger partial charge in [0.1, 0.15) is 58.1 Å². The van der Waals surface area contributed by atoms with Crippen molar-refractivity contribution < 1.29 is 47.7 Å². The zero-order chi connectivity index (χ0) is 66.3. The van der Waals surface area contributed by atoms with Gasteiger partial charge in [0.2, 0.25) is 11.8 Å². The Morgan fingerprint density at radius 3 is 0.777 bits per heavy atom. The largest absolute Gasteiger partial charge is 0.457 e. The van der Waals surface area contributed by atoms with E-state index in [0.717, 1.165) is 54.3 Å². The lowest BCUT2D eigenvalue weighted by atomic mass is 9.80. The van der Waals surface area contributed by atoms with Crippen molar-refractivity contribution in [3.63, 3.8) is 0 Å². The van der Waals surface area contributed by atoms with Gasteiger partial charge in [0.05, 0.1) is 22.3 Å². The lowest BCUT2D eigenvalue weighted by molar-refractivity contribution is -0.121. The van der Waals surface area contributed by atoms with Gasteiger partial charge >= 0.3 is 0 Å². The van der Waals surface area contributed by atoms with E-state index in [2.05, 4.69) is 10.6 Å². The number of benzene rings is 11. The summed E-state index contributed by atoms with van der Waals surface area (Å²) in [4.78, 5) is 97.1. The number of carbonyl (C=O) groups excluding carboxylic acids is 6. The van der Waals surface area contributed by atoms with Crippen LogP contribution in [0.4, 0.5) is 11.4 Å². The maximum Gasteiger partial charge on any atom is 0.262 e. The molecule has 0 aromatic heterocycles. The quantitative estimate of drug-likeness (QED) is 0.0479. The zero-order valence-corrected chi connectivity index (χ0v) is 54.7. The van der Waals surface area contributed by atoms with Crippen molar-refractivity contribution in [2.45, 2.75) is 108 Å². The first-order chi connectivity index (χ1) is 45.0. The van der Waals surface area contributed by atoms with E-state index in [1.165, 1.54) is 0 Å². The second kappa shape index (κ2) is 24.3. The van der Waals surface area contributed by atoms with Crippen molar-refractivity contribution in [3.05, 3.63) is 224 Å². The minimum atomic E-state index is -1.30. The predicted molar refractivity (Wildman–Crippen MR) is 369 cm³/mol. The van der Waals surface area contributed by atoms with Crippen molar-refractivity contribution in [2.75, 3.05) is 10.6 Å². The Morgan fingerprint density at radius 2 is 0.553 bits per heavy atom. The second-order valence-corrected chi connectivity index (χ2v) is 26.3. The van der Waals surface area contributed by atoms with Gasteiger partial charge in [-0.2, -0.15) is 0 Å². The van der Waals surface area contributed by atoms with E-state index in [1.54, 1.807) is 24.3 Å². The summed E-state index contributed by atoms with van der Waals surface area (Å²) in [6.45, 7) is 23.3. The molecule has 13 rings (SSSR count). The number of ether oxygens (including phenoxy) is 4. The Kier molecular flexibility index (Phi) is 16.0. The molecule has 2 aliphatic heterocycles. The maximum absolute atomic E-state index is 16.2. The zero-order valence-electron chi connectivity index (χ0n) is 54.7. The van der Waals surface area contributed by atoms with Crippen LogP contribution in [0.2, 0.25) is 0 Å². The molecule has 0 bridgehead atoms. The molecule has 0 radical (unpaired) electrons. The van der Waals surface area contributed by atoms with E-state index in [4.69, 9.17) is 18.9 Å². The topological polar surface area (TPSA) is 170 Å². The normalized spacial score (nSPS) is 13.6. The summed E-state index contributed by atoms with van der Waals surface area (Å²) >= 11 is 0. The highest BCUT2D eigenvalue weighted by atomic mass is 16.5. The number of aryl methyl sites for hydroxylation is 8. The molecule has 6 amide bonds. The summed E-state index contributed by atoms with van der Waals surface area (Å²) in [5.74, 6) is -2.34. The number of carbonyl (C=O) groups is 6.